The highest BCUT2D eigenvalue weighted by atomic mass is 16.7. The maximum atomic E-state index is 12.3. The van der Waals surface area contributed by atoms with Crippen LogP contribution in [-0.2, 0) is 9.59 Å². The summed E-state index contributed by atoms with van der Waals surface area (Å²) in [6.07, 6.45) is 5.57. The molecule has 3 aromatic carbocycles. The predicted octanol–water partition coefficient (Wildman–Crippen LogP) is 5.00. The average Bonchev–Trinajstić information content (AvgIpc) is 3.34. The van der Waals surface area contributed by atoms with Crippen molar-refractivity contribution in [3.05, 3.63) is 65.7 Å². The van der Waals surface area contributed by atoms with Crippen LogP contribution in [0.15, 0.2) is 54.6 Å². The molecular weight excluding hydrogens is 446 g/mol. The van der Waals surface area contributed by atoms with Gasteiger partial charge < -0.3 is 24.6 Å². The first-order valence-corrected chi connectivity index (χ1v) is 12.1. The molecule has 1 heterocycles. The summed E-state index contributed by atoms with van der Waals surface area (Å²) in [6.45, 7) is 0.139. The van der Waals surface area contributed by atoms with Gasteiger partial charge in [-0.25, -0.2) is 0 Å². The number of carbonyl (C=O) groups is 2. The van der Waals surface area contributed by atoms with Gasteiger partial charge in [0.05, 0.1) is 6.42 Å². The van der Waals surface area contributed by atoms with Crippen LogP contribution in [-0.4, -0.2) is 36.4 Å². The second kappa shape index (κ2) is 10.3. The molecule has 5 rings (SSSR count). The van der Waals surface area contributed by atoms with E-state index in [1.165, 1.54) is 6.42 Å². The lowest BCUT2D eigenvalue weighted by molar-refractivity contribution is -0.137. The van der Waals surface area contributed by atoms with Crippen molar-refractivity contribution in [1.82, 2.24) is 5.32 Å². The van der Waals surface area contributed by atoms with Crippen LogP contribution >= 0.6 is 0 Å². The first kappa shape index (κ1) is 23.0. The number of aliphatic carboxylic acids is 1. The molecule has 1 saturated carbocycles. The Bertz CT molecular complexity index is 1230. The van der Waals surface area contributed by atoms with Gasteiger partial charge in [-0.05, 0) is 59.0 Å². The molecule has 0 bridgehead atoms. The van der Waals surface area contributed by atoms with E-state index in [0.29, 0.717) is 17.2 Å². The van der Waals surface area contributed by atoms with Crippen LogP contribution in [0, 0.1) is 0 Å². The van der Waals surface area contributed by atoms with Crippen molar-refractivity contribution < 1.29 is 28.9 Å². The minimum absolute atomic E-state index is 0.0272. The minimum Gasteiger partial charge on any atom is -0.484 e. The Hall–Kier alpha value is -3.74. The molecular formula is C28H29NO6. The van der Waals surface area contributed by atoms with Crippen molar-refractivity contribution in [3.63, 3.8) is 0 Å². The molecule has 0 radical (unpaired) electrons. The summed E-state index contributed by atoms with van der Waals surface area (Å²) in [5.41, 5.74) is 1.73. The molecule has 0 aromatic heterocycles. The van der Waals surface area contributed by atoms with Gasteiger partial charge in [0.2, 0.25) is 6.79 Å². The van der Waals surface area contributed by atoms with E-state index in [1.807, 2.05) is 54.6 Å². The number of carboxylic acids is 1. The van der Waals surface area contributed by atoms with Crippen molar-refractivity contribution >= 4 is 22.6 Å². The SMILES string of the molecule is O=C(O)C[C@H](c1ccc2c(c1)OCO2)c1ccc2ccc(OCC(=O)NC3CCCCC3)cc2c1. The van der Waals surface area contributed by atoms with Crippen LogP contribution in [0.3, 0.4) is 0 Å². The Kier molecular flexibility index (Phi) is 6.75. The monoisotopic (exact) mass is 475 g/mol. The third-order valence-electron chi connectivity index (χ3n) is 6.76. The maximum Gasteiger partial charge on any atom is 0.304 e. The maximum absolute atomic E-state index is 12.3. The summed E-state index contributed by atoms with van der Waals surface area (Å²) < 4.78 is 16.7. The zero-order chi connectivity index (χ0) is 24.2. The molecule has 182 valence electrons. The van der Waals surface area contributed by atoms with Gasteiger partial charge in [0, 0.05) is 12.0 Å². The average molecular weight is 476 g/mol. The van der Waals surface area contributed by atoms with Crippen molar-refractivity contribution in [2.75, 3.05) is 13.4 Å². The van der Waals surface area contributed by atoms with Gasteiger partial charge >= 0.3 is 5.97 Å². The van der Waals surface area contributed by atoms with Gasteiger partial charge in [0.25, 0.3) is 5.91 Å². The molecule has 7 heteroatoms. The number of hydrogen-bond donors (Lipinski definition) is 2. The van der Waals surface area contributed by atoms with E-state index in [0.717, 1.165) is 47.6 Å². The van der Waals surface area contributed by atoms with Crippen molar-refractivity contribution in [2.24, 2.45) is 0 Å². The van der Waals surface area contributed by atoms with Crippen LogP contribution < -0.4 is 19.5 Å². The number of fused-ring (bicyclic) bond motifs is 2. The molecule has 1 atom stereocenters. The predicted molar refractivity (Wildman–Crippen MR) is 131 cm³/mol. The smallest absolute Gasteiger partial charge is 0.304 e. The van der Waals surface area contributed by atoms with E-state index >= 15 is 0 Å². The van der Waals surface area contributed by atoms with E-state index in [2.05, 4.69) is 5.32 Å². The molecule has 0 unspecified atom stereocenters. The van der Waals surface area contributed by atoms with E-state index in [-0.39, 0.29) is 37.7 Å². The zero-order valence-electron chi connectivity index (χ0n) is 19.5. The Balaban J connectivity index is 1.34. The molecule has 0 saturated heterocycles. The summed E-state index contributed by atoms with van der Waals surface area (Å²) in [5, 5.41) is 14.6. The number of carboxylic acid groups (broad SMARTS) is 1. The lowest BCUT2D eigenvalue weighted by Gasteiger charge is -2.22. The molecule has 3 aromatic rings. The minimum atomic E-state index is -0.881. The quantitative estimate of drug-likeness (QED) is 0.476. The van der Waals surface area contributed by atoms with Crippen molar-refractivity contribution in [3.8, 4) is 17.2 Å². The summed E-state index contributed by atoms with van der Waals surface area (Å²) in [6, 6.07) is 17.4. The second-order valence-electron chi connectivity index (χ2n) is 9.22. The lowest BCUT2D eigenvalue weighted by Crippen LogP contribution is -2.38. The fourth-order valence-corrected chi connectivity index (χ4v) is 4.95. The summed E-state index contributed by atoms with van der Waals surface area (Å²) >= 11 is 0. The lowest BCUT2D eigenvalue weighted by atomic mass is 9.87. The molecule has 1 fully saturated rings. The molecule has 1 aliphatic carbocycles. The van der Waals surface area contributed by atoms with Gasteiger partial charge in [0.15, 0.2) is 18.1 Å². The second-order valence-corrected chi connectivity index (χ2v) is 9.22. The number of nitrogens with one attached hydrogen (secondary N) is 1. The van der Waals surface area contributed by atoms with Crippen LogP contribution in [0.1, 0.15) is 55.6 Å². The third kappa shape index (κ3) is 5.50. The highest BCUT2D eigenvalue weighted by Crippen LogP contribution is 2.38. The molecule has 2 aliphatic rings. The van der Waals surface area contributed by atoms with Gasteiger partial charge in [-0.15, -0.1) is 0 Å². The summed E-state index contributed by atoms with van der Waals surface area (Å²) in [4.78, 5) is 24.0. The molecule has 1 aliphatic heterocycles. The zero-order valence-corrected chi connectivity index (χ0v) is 19.5. The molecule has 7 nitrogen and oxygen atoms in total. The van der Waals surface area contributed by atoms with Gasteiger partial charge in [-0.1, -0.05) is 49.6 Å². The largest absolute Gasteiger partial charge is 0.484 e. The highest BCUT2D eigenvalue weighted by Gasteiger charge is 2.22. The number of carbonyl (C=O) groups excluding carboxylic acids is 1. The third-order valence-corrected chi connectivity index (χ3v) is 6.76. The fraction of sp³-hybridized carbons (Fsp3) is 0.357. The standard InChI is InChI=1S/C28H29NO6/c30-27(29-22-4-2-1-3-5-22)16-33-23-10-8-18-6-7-19(12-21(18)13-23)24(15-28(31)32)20-9-11-25-26(14-20)35-17-34-25/h6-14,22,24H,1-5,15-17H2,(H,29,30)(H,31,32)/t24-/m0/s1. The van der Waals surface area contributed by atoms with Gasteiger partial charge in [-0.2, -0.15) is 0 Å². The van der Waals surface area contributed by atoms with E-state index in [1.54, 1.807) is 0 Å². The molecule has 1 amide bonds. The summed E-state index contributed by atoms with van der Waals surface area (Å²) in [7, 11) is 0. The van der Waals surface area contributed by atoms with Crippen LogP contribution in [0.25, 0.3) is 10.8 Å². The van der Waals surface area contributed by atoms with Crippen LogP contribution in [0.4, 0.5) is 0 Å². The number of ether oxygens (including phenoxy) is 3. The van der Waals surface area contributed by atoms with Crippen molar-refractivity contribution in [1.29, 1.82) is 0 Å². The summed E-state index contributed by atoms with van der Waals surface area (Å²) in [5.74, 6) is 0.559. The van der Waals surface area contributed by atoms with Crippen LogP contribution in [0.5, 0.6) is 17.2 Å². The first-order chi connectivity index (χ1) is 17.0. The highest BCUT2D eigenvalue weighted by molar-refractivity contribution is 5.85. The topological polar surface area (TPSA) is 94.1 Å². The first-order valence-electron chi connectivity index (χ1n) is 12.1. The number of hydrogen-bond acceptors (Lipinski definition) is 5. The Morgan fingerprint density at radius 3 is 2.49 bits per heavy atom. The Morgan fingerprint density at radius 2 is 1.66 bits per heavy atom. The molecule has 2 N–H and O–H groups in total. The fourth-order valence-electron chi connectivity index (χ4n) is 4.95. The Morgan fingerprint density at radius 1 is 0.914 bits per heavy atom. The van der Waals surface area contributed by atoms with Crippen molar-refractivity contribution in [2.45, 2.75) is 50.5 Å². The van der Waals surface area contributed by atoms with E-state index in [9.17, 15) is 14.7 Å². The van der Waals surface area contributed by atoms with E-state index < -0.39 is 5.97 Å². The van der Waals surface area contributed by atoms with E-state index in [4.69, 9.17) is 14.2 Å². The molecule has 0 spiro atoms. The number of benzene rings is 3. The van der Waals surface area contributed by atoms with Crippen LogP contribution in [0.2, 0.25) is 0 Å². The number of amides is 1. The normalized spacial score (nSPS) is 16.1. The van der Waals surface area contributed by atoms with Gasteiger partial charge in [0.1, 0.15) is 5.75 Å². The molecule has 35 heavy (non-hydrogen) atoms. The number of rotatable bonds is 8. The van der Waals surface area contributed by atoms with Gasteiger partial charge in [-0.3, -0.25) is 9.59 Å². The Labute approximate surface area is 204 Å².